The van der Waals surface area contributed by atoms with Crippen LogP contribution in [0.5, 0.6) is 5.75 Å². The van der Waals surface area contributed by atoms with Gasteiger partial charge in [0, 0.05) is 5.69 Å². The molecule has 2 atom stereocenters. The largest absolute Gasteiger partial charge is 0.488 e. The van der Waals surface area contributed by atoms with Crippen molar-refractivity contribution in [3.8, 4) is 5.75 Å². The van der Waals surface area contributed by atoms with Crippen molar-refractivity contribution >= 4 is 29.1 Å². The summed E-state index contributed by atoms with van der Waals surface area (Å²) in [5, 5.41) is 4.37. The van der Waals surface area contributed by atoms with Gasteiger partial charge in [0.25, 0.3) is 0 Å². The molecule has 0 aliphatic carbocycles. The van der Waals surface area contributed by atoms with Crippen LogP contribution in [0.2, 0.25) is 0 Å². The van der Waals surface area contributed by atoms with Gasteiger partial charge < -0.3 is 4.74 Å². The fourth-order valence-electron chi connectivity index (χ4n) is 2.79. The molecule has 5 nitrogen and oxygen atoms in total. The molecule has 0 spiro atoms. The second-order valence-corrected chi connectivity index (χ2v) is 8.00. The Morgan fingerprint density at radius 1 is 1.15 bits per heavy atom. The Labute approximate surface area is 164 Å². The summed E-state index contributed by atoms with van der Waals surface area (Å²) in [5.41, 5.74) is 4.61. The number of carbonyl (C=O) groups excluding carboxylic acids is 1. The van der Waals surface area contributed by atoms with Crippen LogP contribution in [0.25, 0.3) is 0 Å². The lowest BCUT2D eigenvalue weighted by Crippen LogP contribution is -2.41. The molecule has 3 rings (SSSR count). The van der Waals surface area contributed by atoms with Crippen LogP contribution in [-0.2, 0) is 4.79 Å². The van der Waals surface area contributed by atoms with E-state index in [2.05, 4.69) is 24.4 Å². The first-order chi connectivity index (χ1) is 13.1. The number of hydrogen-bond acceptors (Lipinski definition) is 5. The van der Waals surface area contributed by atoms with Crippen LogP contribution in [-0.4, -0.2) is 29.0 Å². The predicted octanol–water partition coefficient (Wildman–Crippen LogP) is 4.12. The average molecular weight is 384 g/mol. The highest BCUT2D eigenvalue weighted by atomic mass is 32.2. The monoisotopic (exact) mass is 383 g/mol. The van der Waals surface area contributed by atoms with Crippen molar-refractivity contribution in [3.63, 3.8) is 0 Å². The zero-order valence-corrected chi connectivity index (χ0v) is 16.6. The van der Waals surface area contributed by atoms with Gasteiger partial charge in [-0.1, -0.05) is 62.0 Å². The van der Waals surface area contributed by atoms with Crippen molar-refractivity contribution in [2.24, 2.45) is 11.0 Å². The highest BCUT2D eigenvalue weighted by Crippen LogP contribution is 2.37. The Morgan fingerprint density at radius 2 is 1.78 bits per heavy atom. The minimum atomic E-state index is -0.237. The second-order valence-electron chi connectivity index (χ2n) is 6.77. The Balaban J connectivity index is 1.68. The average Bonchev–Trinajstić information content (AvgIpc) is 3.02. The van der Waals surface area contributed by atoms with Gasteiger partial charge in [0.2, 0.25) is 5.91 Å². The van der Waals surface area contributed by atoms with Crippen molar-refractivity contribution in [2.45, 2.75) is 31.5 Å². The van der Waals surface area contributed by atoms with Gasteiger partial charge in [0.15, 0.2) is 5.50 Å². The summed E-state index contributed by atoms with van der Waals surface area (Å²) >= 11 is 1.60. The summed E-state index contributed by atoms with van der Waals surface area (Å²) in [6, 6.07) is 19.4. The number of para-hydroxylation sites is 2. The number of hydrogen-bond donors (Lipinski definition) is 1. The number of hydrazone groups is 1. The lowest BCUT2D eigenvalue weighted by molar-refractivity contribution is -0.118. The normalized spacial score (nSPS) is 20.2. The summed E-state index contributed by atoms with van der Waals surface area (Å²) in [4.78, 5) is 14.7. The first-order valence-electron chi connectivity index (χ1n) is 9.06. The molecule has 27 heavy (non-hydrogen) atoms. The van der Waals surface area contributed by atoms with Gasteiger partial charge >= 0.3 is 0 Å². The minimum Gasteiger partial charge on any atom is -0.488 e. The van der Waals surface area contributed by atoms with Crippen LogP contribution in [0.15, 0.2) is 65.8 Å². The molecule has 0 radical (unpaired) electrons. The molecule has 0 saturated carbocycles. The standard InChI is InChI=1S/C21H25N3O2S/c1-15(2)19-20(25)24(17-10-6-4-7-11-17)21(27-19)23-22-16(3)14-26-18-12-8-5-9-13-18/h4-13,15,19,21,23H,14H2,1-3H3/b22-16+. The quantitative estimate of drug-likeness (QED) is 0.577. The molecule has 1 N–H and O–H groups in total. The minimum absolute atomic E-state index is 0.0845. The van der Waals surface area contributed by atoms with Crippen molar-refractivity contribution < 1.29 is 9.53 Å². The molecule has 1 heterocycles. The Morgan fingerprint density at radius 3 is 2.41 bits per heavy atom. The number of anilines is 1. The molecular weight excluding hydrogens is 358 g/mol. The summed E-state index contributed by atoms with van der Waals surface area (Å²) in [6.07, 6.45) is 0. The molecule has 1 aliphatic rings. The van der Waals surface area contributed by atoms with Crippen molar-refractivity contribution in [3.05, 3.63) is 60.7 Å². The van der Waals surface area contributed by atoms with E-state index in [4.69, 9.17) is 4.74 Å². The van der Waals surface area contributed by atoms with Gasteiger partial charge in [-0.2, -0.15) is 5.10 Å². The molecule has 2 aromatic rings. The predicted molar refractivity (Wildman–Crippen MR) is 112 cm³/mol. The van der Waals surface area contributed by atoms with E-state index in [0.29, 0.717) is 6.61 Å². The molecule has 0 aromatic heterocycles. The molecule has 6 heteroatoms. The lowest BCUT2D eigenvalue weighted by Gasteiger charge is -2.23. The van der Waals surface area contributed by atoms with E-state index >= 15 is 0 Å². The van der Waals surface area contributed by atoms with E-state index in [-0.39, 0.29) is 22.6 Å². The summed E-state index contributed by atoms with van der Waals surface area (Å²) in [6.45, 7) is 6.44. The maximum Gasteiger partial charge on any atom is 0.242 e. The Kier molecular flexibility index (Phi) is 6.40. The zero-order valence-electron chi connectivity index (χ0n) is 15.8. The first kappa shape index (κ1) is 19.3. The van der Waals surface area contributed by atoms with Crippen molar-refractivity contribution in [2.75, 3.05) is 11.5 Å². The van der Waals surface area contributed by atoms with Gasteiger partial charge in [-0.05, 0) is 37.1 Å². The molecule has 1 aliphatic heterocycles. The van der Waals surface area contributed by atoms with Crippen molar-refractivity contribution in [1.82, 2.24) is 5.43 Å². The molecular formula is C21H25N3O2S. The number of ether oxygens (including phenoxy) is 1. The molecule has 0 bridgehead atoms. The zero-order chi connectivity index (χ0) is 19.2. The highest BCUT2D eigenvalue weighted by Gasteiger charge is 2.42. The number of benzene rings is 2. The number of amides is 1. The van der Waals surface area contributed by atoms with Gasteiger partial charge in [-0.15, -0.1) is 0 Å². The SMILES string of the molecule is C/C(COc1ccccc1)=N\NC1SC(C(C)C)C(=O)N1c1ccccc1. The van der Waals surface area contributed by atoms with E-state index in [1.54, 1.807) is 16.7 Å². The molecule has 1 amide bonds. The fraction of sp³-hybridized carbons (Fsp3) is 0.333. The number of rotatable bonds is 7. The molecule has 1 saturated heterocycles. The number of carbonyl (C=O) groups is 1. The van der Waals surface area contributed by atoms with Crippen LogP contribution >= 0.6 is 11.8 Å². The van der Waals surface area contributed by atoms with Crippen LogP contribution in [0, 0.1) is 5.92 Å². The highest BCUT2D eigenvalue weighted by molar-refractivity contribution is 8.01. The number of thioether (sulfide) groups is 1. The van der Waals surface area contributed by atoms with Crippen LogP contribution < -0.4 is 15.1 Å². The fourth-order valence-corrected chi connectivity index (χ4v) is 4.08. The van der Waals surface area contributed by atoms with E-state index in [9.17, 15) is 4.79 Å². The second kappa shape index (κ2) is 8.95. The maximum absolute atomic E-state index is 12.9. The van der Waals surface area contributed by atoms with Gasteiger partial charge in [-0.3, -0.25) is 15.1 Å². The van der Waals surface area contributed by atoms with Crippen LogP contribution in [0.3, 0.4) is 0 Å². The van der Waals surface area contributed by atoms with Gasteiger partial charge in [-0.25, -0.2) is 0 Å². The summed E-state index contributed by atoms with van der Waals surface area (Å²) in [5.74, 6) is 1.18. The van der Waals surface area contributed by atoms with Crippen LogP contribution in [0.1, 0.15) is 20.8 Å². The summed E-state index contributed by atoms with van der Waals surface area (Å²) < 4.78 is 5.72. The number of nitrogens with zero attached hydrogens (tertiary/aromatic N) is 2. The van der Waals surface area contributed by atoms with Crippen molar-refractivity contribution in [1.29, 1.82) is 0 Å². The van der Waals surface area contributed by atoms with E-state index in [1.165, 1.54) is 0 Å². The van der Waals surface area contributed by atoms with E-state index < -0.39 is 0 Å². The van der Waals surface area contributed by atoms with Crippen LogP contribution in [0.4, 0.5) is 5.69 Å². The third kappa shape index (κ3) is 4.83. The topological polar surface area (TPSA) is 53.9 Å². The Bertz CT molecular complexity index is 781. The molecule has 1 fully saturated rings. The molecule has 142 valence electrons. The molecule has 2 unspecified atom stereocenters. The number of nitrogens with one attached hydrogen (secondary N) is 1. The Hall–Kier alpha value is -2.47. The van der Waals surface area contributed by atoms with E-state index in [1.807, 2.05) is 67.6 Å². The van der Waals surface area contributed by atoms with E-state index in [0.717, 1.165) is 17.1 Å². The van der Waals surface area contributed by atoms with Gasteiger partial charge in [0.05, 0.1) is 11.0 Å². The maximum atomic E-state index is 12.9. The third-order valence-electron chi connectivity index (χ3n) is 4.19. The lowest BCUT2D eigenvalue weighted by atomic mass is 10.1. The first-order valence-corrected chi connectivity index (χ1v) is 10.0. The smallest absolute Gasteiger partial charge is 0.242 e. The third-order valence-corrected chi connectivity index (χ3v) is 5.80. The molecule has 2 aromatic carbocycles. The summed E-state index contributed by atoms with van der Waals surface area (Å²) in [7, 11) is 0. The van der Waals surface area contributed by atoms with Gasteiger partial charge in [0.1, 0.15) is 12.4 Å².